The van der Waals surface area contributed by atoms with Crippen molar-refractivity contribution in [1.29, 1.82) is 0 Å². The van der Waals surface area contributed by atoms with Crippen LogP contribution in [0.5, 0.6) is 0 Å². The Balaban J connectivity index is 1.21. The zero-order valence-electron chi connectivity index (χ0n) is 32.5. The van der Waals surface area contributed by atoms with Crippen LogP contribution < -0.4 is 4.90 Å². The molecule has 3 nitrogen and oxygen atoms in total. The van der Waals surface area contributed by atoms with Crippen LogP contribution in [0.4, 0.5) is 17.1 Å². The normalized spacial score (nSPS) is 12.8. The SMILES string of the molecule is [2H]c1c([2H])c(N(c2cccc3ccccc23)c2cccc3oc4c5ccccc5ccc4c23)c([2H])c([2H])c1-c1ccccc1-n1c2ccccc2c2ccccc21. The molecule has 0 aliphatic heterocycles. The highest BCUT2D eigenvalue weighted by Gasteiger charge is 2.22. The van der Waals surface area contributed by atoms with E-state index in [9.17, 15) is 5.48 Å². The van der Waals surface area contributed by atoms with E-state index in [1.165, 1.54) is 0 Å². The second-order valence-electron chi connectivity index (χ2n) is 13.4. The number of hydrogen-bond acceptors (Lipinski definition) is 2. The molecule has 0 spiro atoms. The molecule has 3 heteroatoms. The first-order chi connectivity index (χ1) is 28.0. The zero-order valence-corrected chi connectivity index (χ0v) is 28.5. The summed E-state index contributed by atoms with van der Waals surface area (Å²) in [5.74, 6) is 0. The van der Waals surface area contributed by atoms with Gasteiger partial charge in [-0.15, -0.1) is 0 Å². The van der Waals surface area contributed by atoms with E-state index in [4.69, 9.17) is 4.42 Å². The second-order valence-corrected chi connectivity index (χ2v) is 13.4. The van der Waals surface area contributed by atoms with Crippen molar-refractivity contribution >= 4 is 82.4 Å². The minimum absolute atomic E-state index is 0.125. The molecule has 2 aromatic heterocycles. The van der Waals surface area contributed by atoms with E-state index in [2.05, 4.69) is 53.1 Å². The van der Waals surface area contributed by atoms with Crippen molar-refractivity contribution in [1.82, 2.24) is 4.57 Å². The minimum Gasteiger partial charge on any atom is -0.455 e. The van der Waals surface area contributed by atoms with Crippen molar-refractivity contribution in [2.75, 3.05) is 4.90 Å². The summed E-state index contributed by atoms with van der Waals surface area (Å²) in [6.45, 7) is 0. The molecule has 11 rings (SSSR count). The molecule has 2 heterocycles. The predicted molar refractivity (Wildman–Crippen MR) is 223 cm³/mol. The molecule has 0 atom stereocenters. The van der Waals surface area contributed by atoms with Gasteiger partial charge >= 0.3 is 0 Å². The van der Waals surface area contributed by atoms with Crippen LogP contribution in [0.25, 0.3) is 82.1 Å². The quantitative estimate of drug-likeness (QED) is 0.180. The molecule has 9 aromatic carbocycles. The third kappa shape index (κ3) is 4.54. The Hall–Kier alpha value is -7.10. The lowest BCUT2D eigenvalue weighted by molar-refractivity contribution is 0.672. The van der Waals surface area contributed by atoms with Crippen molar-refractivity contribution in [3.63, 3.8) is 0 Å². The van der Waals surface area contributed by atoms with E-state index in [1.54, 1.807) is 0 Å². The third-order valence-corrected chi connectivity index (χ3v) is 10.4. The summed E-state index contributed by atoms with van der Waals surface area (Å²) in [6, 6.07) is 55.8. The lowest BCUT2D eigenvalue weighted by Gasteiger charge is -2.28. The van der Waals surface area contributed by atoms with Gasteiger partial charge in [-0.3, -0.25) is 0 Å². The molecule has 0 aliphatic rings. The highest BCUT2D eigenvalue weighted by atomic mass is 16.3. The molecule has 53 heavy (non-hydrogen) atoms. The van der Waals surface area contributed by atoms with E-state index >= 15 is 0 Å². The van der Waals surface area contributed by atoms with Gasteiger partial charge in [0.15, 0.2) is 0 Å². The first kappa shape index (κ1) is 25.8. The fourth-order valence-corrected chi connectivity index (χ4v) is 8.11. The van der Waals surface area contributed by atoms with Gasteiger partial charge in [0, 0.05) is 38.2 Å². The van der Waals surface area contributed by atoms with Gasteiger partial charge in [0.2, 0.25) is 0 Å². The summed E-state index contributed by atoms with van der Waals surface area (Å²) < 4.78 is 48.0. The highest BCUT2D eigenvalue weighted by Crippen LogP contribution is 2.46. The molecule has 0 aliphatic carbocycles. The number of rotatable bonds is 5. The molecule has 0 bridgehead atoms. The van der Waals surface area contributed by atoms with Gasteiger partial charge in [-0.2, -0.15) is 0 Å². The average Bonchev–Trinajstić information content (AvgIpc) is 3.81. The van der Waals surface area contributed by atoms with Gasteiger partial charge in [-0.1, -0.05) is 139 Å². The lowest BCUT2D eigenvalue weighted by atomic mass is 10.0. The van der Waals surface area contributed by atoms with Gasteiger partial charge in [0.25, 0.3) is 0 Å². The number of anilines is 3. The summed E-state index contributed by atoms with van der Waals surface area (Å²) in [5, 5.41) is 7.86. The molecule has 0 radical (unpaired) electrons. The summed E-state index contributed by atoms with van der Waals surface area (Å²) >= 11 is 0. The molecular weight excluding hydrogens is 645 g/mol. The van der Waals surface area contributed by atoms with Crippen LogP contribution in [0, 0.1) is 0 Å². The van der Waals surface area contributed by atoms with Crippen LogP contribution in [0.2, 0.25) is 0 Å². The molecule has 248 valence electrons. The molecule has 0 saturated heterocycles. The summed E-state index contributed by atoms with van der Waals surface area (Å²) in [6.07, 6.45) is 0. The fourth-order valence-electron chi connectivity index (χ4n) is 8.11. The van der Waals surface area contributed by atoms with Crippen molar-refractivity contribution in [2.45, 2.75) is 0 Å². The van der Waals surface area contributed by atoms with Crippen LogP contribution in [0.1, 0.15) is 5.48 Å². The molecular formula is C50H32N2O. The molecule has 0 amide bonds. The number of nitrogens with zero attached hydrogens (tertiary/aromatic N) is 2. The van der Waals surface area contributed by atoms with E-state index in [1.807, 2.05) is 126 Å². The summed E-state index contributed by atoms with van der Waals surface area (Å²) in [4.78, 5) is 1.90. The molecule has 0 fully saturated rings. The van der Waals surface area contributed by atoms with Crippen molar-refractivity contribution < 1.29 is 9.90 Å². The Morgan fingerprint density at radius 2 is 1.04 bits per heavy atom. The number of aromatic nitrogens is 1. The lowest BCUT2D eigenvalue weighted by Crippen LogP contribution is -2.11. The molecule has 0 unspecified atom stereocenters. The predicted octanol–water partition coefficient (Wildman–Crippen LogP) is 14.1. The highest BCUT2D eigenvalue weighted by molar-refractivity contribution is 6.20. The summed E-state index contributed by atoms with van der Waals surface area (Å²) in [5.41, 5.74) is 6.61. The first-order valence-corrected chi connectivity index (χ1v) is 17.8. The maximum Gasteiger partial charge on any atom is 0.143 e. The van der Waals surface area contributed by atoms with Crippen LogP contribution in [-0.4, -0.2) is 4.57 Å². The fraction of sp³-hybridized carbons (Fsp3) is 0. The van der Waals surface area contributed by atoms with Crippen molar-refractivity contribution in [2.24, 2.45) is 0 Å². The van der Waals surface area contributed by atoms with Crippen molar-refractivity contribution in [3.8, 4) is 16.8 Å². The Labute approximate surface area is 311 Å². The minimum atomic E-state index is -0.147. The summed E-state index contributed by atoms with van der Waals surface area (Å²) in [7, 11) is 0. The Morgan fingerprint density at radius 1 is 0.453 bits per heavy atom. The van der Waals surface area contributed by atoms with Crippen LogP contribution in [0.3, 0.4) is 0 Å². The van der Waals surface area contributed by atoms with E-state index in [-0.39, 0.29) is 35.4 Å². The maximum atomic E-state index is 9.85. The number of furan rings is 1. The number of fused-ring (bicyclic) bond motifs is 9. The zero-order chi connectivity index (χ0) is 38.4. The molecule has 11 aromatic rings. The topological polar surface area (TPSA) is 21.3 Å². The first-order valence-electron chi connectivity index (χ1n) is 19.8. The number of para-hydroxylation sites is 3. The average molecular weight is 681 g/mol. The van der Waals surface area contributed by atoms with Crippen LogP contribution >= 0.6 is 0 Å². The Bertz CT molecular complexity index is 3350. The number of benzene rings is 9. The Morgan fingerprint density at radius 3 is 1.81 bits per heavy atom. The Kier molecular flexibility index (Phi) is 5.71. The van der Waals surface area contributed by atoms with Gasteiger partial charge in [-0.25, -0.2) is 0 Å². The molecule has 0 saturated carbocycles. The van der Waals surface area contributed by atoms with Gasteiger partial charge in [0.1, 0.15) is 11.2 Å². The van der Waals surface area contributed by atoms with Gasteiger partial charge in [0.05, 0.1) is 39.0 Å². The van der Waals surface area contributed by atoms with E-state index in [0.29, 0.717) is 16.8 Å². The maximum absolute atomic E-state index is 9.85. The standard InChI is InChI=1S/C50H32N2O/c1-3-16-37-33(13-1)15-11-24-43(37)51(47-25-12-26-48-49(47)42-32-29-34-14-2-4-18-39(34)50(42)53-48)36-30-27-35(28-31-36)38-17-5-8-21-44(38)52-45-22-9-6-19-40(45)41-20-7-10-23-46(41)52/h1-32H/i27D,28D,30D,31D. The van der Waals surface area contributed by atoms with Crippen LogP contribution in [-0.2, 0) is 0 Å². The van der Waals surface area contributed by atoms with Crippen LogP contribution in [0.15, 0.2) is 198 Å². The largest absolute Gasteiger partial charge is 0.455 e. The monoisotopic (exact) mass is 680 g/mol. The van der Waals surface area contributed by atoms with Crippen molar-refractivity contribution in [3.05, 3.63) is 194 Å². The van der Waals surface area contributed by atoms with E-state index < -0.39 is 0 Å². The smallest absolute Gasteiger partial charge is 0.143 e. The van der Waals surface area contributed by atoms with Gasteiger partial charge < -0.3 is 13.9 Å². The molecule has 0 N–H and O–H groups in total. The third-order valence-electron chi connectivity index (χ3n) is 10.4. The number of hydrogen-bond donors (Lipinski definition) is 0. The van der Waals surface area contributed by atoms with E-state index in [0.717, 1.165) is 71.1 Å². The van der Waals surface area contributed by atoms with Gasteiger partial charge in [-0.05, 0) is 70.9 Å². The second kappa shape index (κ2) is 11.7.